The standard InChI is InChI=1S/C20H30N6O/c1-3-5-11-25-12-7-16-18(22-15-21-16)20(25)8-13-24(14-9-20)19(27)17-6-10-23-26(17)4-2/h6,10,15H,3-5,7-9,11-14H2,1-2H3,(H,21,22). The van der Waals surface area contributed by atoms with Gasteiger partial charge in [0.2, 0.25) is 0 Å². The van der Waals surface area contributed by atoms with Crippen molar-refractivity contribution in [1.29, 1.82) is 0 Å². The van der Waals surface area contributed by atoms with Gasteiger partial charge in [-0.05, 0) is 38.8 Å². The van der Waals surface area contributed by atoms with Crippen LogP contribution in [-0.2, 0) is 18.5 Å². The van der Waals surface area contributed by atoms with Crippen LogP contribution in [0.2, 0.25) is 0 Å². The topological polar surface area (TPSA) is 70.1 Å². The maximum Gasteiger partial charge on any atom is 0.272 e. The van der Waals surface area contributed by atoms with Crippen molar-refractivity contribution in [3.63, 3.8) is 0 Å². The highest BCUT2D eigenvalue weighted by Gasteiger charge is 2.47. The van der Waals surface area contributed by atoms with Crippen LogP contribution < -0.4 is 0 Å². The molecule has 0 unspecified atom stereocenters. The lowest BCUT2D eigenvalue weighted by Crippen LogP contribution is -2.57. The highest BCUT2D eigenvalue weighted by molar-refractivity contribution is 5.92. The zero-order valence-corrected chi connectivity index (χ0v) is 16.4. The molecule has 1 N–H and O–H groups in total. The summed E-state index contributed by atoms with van der Waals surface area (Å²) in [7, 11) is 0. The fraction of sp³-hybridized carbons (Fsp3) is 0.650. The number of aryl methyl sites for hydroxylation is 1. The van der Waals surface area contributed by atoms with Gasteiger partial charge in [0.05, 0.1) is 17.6 Å². The minimum absolute atomic E-state index is 0.0233. The fourth-order valence-electron chi connectivity index (χ4n) is 4.76. The number of rotatable bonds is 5. The van der Waals surface area contributed by atoms with Crippen LogP contribution in [0.1, 0.15) is 61.4 Å². The van der Waals surface area contributed by atoms with Gasteiger partial charge in [0.1, 0.15) is 5.69 Å². The first-order chi connectivity index (χ1) is 13.2. The lowest BCUT2D eigenvalue weighted by Gasteiger charge is -2.50. The normalized spacial score (nSPS) is 19.4. The Balaban J connectivity index is 1.54. The summed E-state index contributed by atoms with van der Waals surface area (Å²) in [5.74, 6) is 0.0994. The average molecular weight is 371 g/mol. The van der Waals surface area contributed by atoms with Crippen molar-refractivity contribution in [3.05, 3.63) is 35.7 Å². The molecule has 0 saturated carbocycles. The number of carbonyl (C=O) groups excluding carboxylic acids is 1. The van der Waals surface area contributed by atoms with E-state index in [0.717, 1.165) is 45.4 Å². The first-order valence-corrected chi connectivity index (χ1v) is 10.3. The Hall–Kier alpha value is -2.15. The molecule has 7 heteroatoms. The number of likely N-dealkylation sites (tertiary alicyclic amines) is 1. The molecule has 27 heavy (non-hydrogen) atoms. The molecule has 146 valence electrons. The molecule has 4 heterocycles. The van der Waals surface area contributed by atoms with Crippen molar-refractivity contribution in [2.75, 3.05) is 26.2 Å². The third-order valence-electron chi connectivity index (χ3n) is 6.29. The van der Waals surface area contributed by atoms with Gasteiger partial charge in [-0.2, -0.15) is 5.10 Å². The summed E-state index contributed by atoms with van der Waals surface area (Å²) in [6.07, 6.45) is 8.89. The van der Waals surface area contributed by atoms with Gasteiger partial charge in [-0.25, -0.2) is 4.98 Å². The van der Waals surface area contributed by atoms with Gasteiger partial charge in [0.15, 0.2) is 0 Å². The summed E-state index contributed by atoms with van der Waals surface area (Å²) in [5.41, 5.74) is 3.17. The maximum atomic E-state index is 13.0. The van der Waals surface area contributed by atoms with Crippen molar-refractivity contribution in [2.24, 2.45) is 0 Å². The number of piperidine rings is 1. The average Bonchev–Trinajstić information content (AvgIpc) is 3.37. The fourth-order valence-corrected chi connectivity index (χ4v) is 4.76. The Morgan fingerprint density at radius 3 is 2.81 bits per heavy atom. The molecule has 0 atom stereocenters. The summed E-state index contributed by atoms with van der Waals surface area (Å²) < 4.78 is 1.78. The summed E-state index contributed by atoms with van der Waals surface area (Å²) in [4.78, 5) is 25.7. The van der Waals surface area contributed by atoms with Crippen molar-refractivity contribution in [3.8, 4) is 0 Å². The van der Waals surface area contributed by atoms with E-state index in [1.54, 1.807) is 10.9 Å². The van der Waals surface area contributed by atoms with E-state index in [1.807, 2.05) is 24.2 Å². The molecule has 0 aliphatic carbocycles. The number of hydrogen-bond donors (Lipinski definition) is 1. The van der Waals surface area contributed by atoms with Gasteiger partial charge in [0, 0.05) is 44.5 Å². The minimum Gasteiger partial charge on any atom is -0.348 e. The van der Waals surface area contributed by atoms with E-state index in [-0.39, 0.29) is 11.4 Å². The maximum absolute atomic E-state index is 13.0. The molecule has 0 radical (unpaired) electrons. The van der Waals surface area contributed by atoms with E-state index in [1.165, 1.54) is 24.2 Å². The van der Waals surface area contributed by atoms with Crippen LogP contribution in [0.15, 0.2) is 18.6 Å². The number of unbranched alkanes of at least 4 members (excludes halogenated alkanes) is 1. The van der Waals surface area contributed by atoms with Crippen LogP contribution in [0.3, 0.4) is 0 Å². The predicted molar refractivity (Wildman–Crippen MR) is 103 cm³/mol. The van der Waals surface area contributed by atoms with Gasteiger partial charge in [-0.15, -0.1) is 0 Å². The minimum atomic E-state index is -0.0233. The highest BCUT2D eigenvalue weighted by Crippen LogP contribution is 2.42. The van der Waals surface area contributed by atoms with Crippen LogP contribution in [0.4, 0.5) is 0 Å². The Kier molecular flexibility index (Phi) is 5.04. The molecular weight excluding hydrogens is 340 g/mol. The van der Waals surface area contributed by atoms with Gasteiger partial charge in [-0.3, -0.25) is 14.4 Å². The van der Waals surface area contributed by atoms with Crippen molar-refractivity contribution < 1.29 is 4.79 Å². The Morgan fingerprint density at radius 1 is 1.26 bits per heavy atom. The lowest BCUT2D eigenvalue weighted by molar-refractivity contribution is 0.00595. The number of nitrogens with one attached hydrogen (secondary N) is 1. The molecule has 4 rings (SSSR count). The molecule has 2 aromatic heterocycles. The summed E-state index contributed by atoms with van der Waals surface area (Å²) >= 11 is 0. The van der Waals surface area contributed by atoms with Gasteiger partial charge >= 0.3 is 0 Å². The molecule has 0 bridgehead atoms. The van der Waals surface area contributed by atoms with Crippen molar-refractivity contribution in [1.82, 2.24) is 29.5 Å². The second-order valence-electron chi connectivity index (χ2n) is 7.68. The van der Waals surface area contributed by atoms with E-state index in [9.17, 15) is 4.79 Å². The number of aromatic amines is 1. The smallest absolute Gasteiger partial charge is 0.272 e. The zero-order valence-electron chi connectivity index (χ0n) is 16.4. The van der Waals surface area contributed by atoms with E-state index in [4.69, 9.17) is 4.98 Å². The molecule has 7 nitrogen and oxygen atoms in total. The second-order valence-corrected chi connectivity index (χ2v) is 7.68. The second kappa shape index (κ2) is 7.46. The van der Waals surface area contributed by atoms with E-state index in [2.05, 4.69) is 21.9 Å². The molecule has 1 spiro atoms. The van der Waals surface area contributed by atoms with Gasteiger partial charge in [-0.1, -0.05) is 13.3 Å². The van der Waals surface area contributed by atoms with E-state index < -0.39 is 0 Å². The highest BCUT2D eigenvalue weighted by atomic mass is 16.2. The van der Waals surface area contributed by atoms with Crippen molar-refractivity contribution in [2.45, 2.75) is 58.0 Å². The Bertz CT molecular complexity index is 786. The van der Waals surface area contributed by atoms with Crippen LogP contribution in [0.5, 0.6) is 0 Å². The van der Waals surface area contributed by atoms with Crippen LogP contribution in [-0.4, -0.2) is 61.6 Å². The molecule has 0 aromatic carbocycles. The lowest BCUT2D eigenvalue weighted by atomic mass is 9.78. The third-order valence-corrected chi connectivity index (χ3v) is 6.29. The quantitative estimate of drug-likeness (QED) is 0.877. The molecule has 2 aromatic rings. The number of aromatic nitrogens is 4. The number of fused-ring (bicyclic) bond motifs is 2. The molecule has 1 fully saturated rings. The van der Waals surface area contributed by atoms with Crippen molar-refractivity contribution >= 4 is 5.91 Å². The first kappa shape index (κ1) is 18.2. The summed E-state index contributed by atoms with van der Waals surface area (Å²) in [5, 5.41) is 4.25. The molecule has 1 saturated heterocycles. The Morgan fingerprint density at radius 2 is 2.07 bits per heavy atom. The number of imidazole rings is 1. The number of amides is 1. The number of H-pyrrole nitrogens is 1. The number of hydrogen-bond acceptors (Lipinski definition) is 4. The third kappa shape index (κ3) is 3.08. The van der Waals surface area contributed by atoms with Crippen LogP contribution in [0.25, 0.3) is 0 Å². The molecular formula is C20H30N6O. The molecule has 2 aliphatic heterocycles. The van der Waals surface area contributed by atoms with E-state index >= 15 is 0 Å². The summed E-state index contributed by atoms with van der Waals surface area (Å²) in [6, 6.07) is 1.83. The van der Waals surface area contributed by atoms with Crippen LogP contribution >= 0.6 is 0 Å². The predicted octanol–water partition coefficient (Wildman–Crippen LogP) is 2.42. The van der Waals surface area contributed by atoms with Gasteiger partial charge in [0.25, 0.3) is 5.91 Å². The number of nitrogens with zero attached hydrogens (tertiary/aromatic N) is 5. The largest absolute Gasteiger partial charge is 0.348 e. The molecule has 1 amide bonds. The first-order valence-electron chi connectivity index (χ1n) is 10.3. The Labute approximate surface area is 160 Å². The molecule has 2 aliphatic rings. The van der Waals surface area contributed by atoms with Crippen LogP contribution in [0, 0.1) is 0 Å². The van der Waals surface area contributed by atoms with Gasteiger partial charge < -0.3 is 9.88 Å². The number of carbonyl (C=O) groups is 1. The summed E-state index contributed by atoms with van der Waals surface area (Å²) in [6.45, 7) is 8.69. The van der Waals surface area contributed by atoms with E-state index in [0.29, 0.717) is 12.2 Å². The zero-order chi connectivity index (χ0) is 18.9. The monoisotopic (exact) mass is 370 g/mol. The SMILES string of the molecule is CCCCN1CCc2[nH]cnc2C12CCN(C(=O)c1ccnn1CC)CC2.